The third-order valence-electron chi connectivity index (χ3n) is 3.72. The molecule has 2 atom stereocenters. The van der Waals surface area contributed by atoms with Crippen LogP contribution in [0.15, 0.2) is 40.9 Å². The minimum absolute atomic E-state index is 0. The zero-order valence-corrected chi connectivity index (χ0v) is 12.3. The van der Waals surface area contributed by atoms with Gasteiger partial charge in [-0.2, -0.15) is 0 Å². The van der Waals surface area contributed by atoms with Crippen molar-refractivity contribution in [2.24, 2.45) is 5.73 Å². The molecule has 1 aliphatic rings. The number of benzene rings is 1. The van der Waals surface area contributed by atoms with Crippen molar-refractivity contribution in [3.05, 3.63) is 53.4 Å². The summed E-state index contributed by atoms with van der Waals surface area (Å²) in [7, 11) is 0. The summed E-state index contributed by atoms with van der Waals surface area (Å²) < 4.78 is 5.27. The predicted molar refractivity (Wildman–Crippen MR) is 80.9 cm³/mol. The van der Waals surface area contributed by atoms with Crippen LogP contribution in [0.2, 0.25) is 0 Å². The van der Waals surface area contributed by atoms with Gasteiger partial charge in [-0.3, -0.25) is 4.90 Å². The lowest BCUT2D eigenvalue weighted by molar-refractivity contribution is 0.269. The molecule has 1 saturated heterocycles. The molecule has 0 radical (unpaired) electrons. The summed E-state index contributed by atoms with van der Waals surface area (Å²) in [5, 5.41) is 3.92. The van der Waals surface area contributed by atoms with Crippen molar-refractivity contribution in [1.29, 1.82) is 0 Å². The van der Waals surface area contributed by atoms with Crippen LogP contribution >= 0.6 is 12.4 Å². The van der Waals surface area contributed by atoms with Crippen molar-refractivity contribution in [1.82, 2.24) is 10.1 Å². The van der Waals surface area contributed by atoms with E-state index in [4.69, 9.17) is 10.3 Å². The van der Waals surface area contributed by atoms with Crippen molar-refractivity contribution >= 4 is 12.4 Å². The van der Waals surface area contributed by atoms with Crippen molar-refractivity contribution in [2.45, 2.75) is 25.4 Å². The van der Waals surface area contributed by atoms with Crippen LogP contribution < -0.4 is 5.73 Å². The maximum absolute atomic E-state index is 6.27. The van der Waals surface area contributed by atoms with Crippen LogP contribution in [0.4, 0.5) is 0 Å². The normalized spacial score (nSPS) is 22.7. The van der Waals surface area contributed by atoms with E-state index in [1.807, 2.05) is 19.1 Å². The second kappa shape index (κ2) is 6.39. The summed E-state index contributed by atoms with van der Waals surface area (Å²) in [5.74, 6) is 1.32. The Hall–Kier alpha value is -1.36. The van der Waals surface area contributed by atoms with Gasteiger partial charge < -0.3 is 10.3 Å². The first-order valence-electron chi connectivity index (χ1n) is 6.67. The number of nitrogens with zero attached hydrogens (tertiary/aromatic N) is 2. The number of nitrogens with two attached hydrogens (primary N) is 1. The Morgan fingerprint density at radius 3 is 2.70 bits per heavy atom. The van der Waals surface area contributed by atoms with Crippen LogP contribution in [0, 0.1) is 6.92 Å². The van der Waals surface area contributed by atoms with Crippen LogP contribution in [0.5, 0.6) is 0 Å². The fraction of sp³-hybridized carbons (Fsp3) is 0.400. The van der Waals surface area contributed by atoms with Crippen molar-refractivity contribution in [2.75, 3.05) is 13.1 Å². The molecule has 0 saturated carbocycles. The van der Waals surface area contributed by atoms with Crippen molar-refractivity contribution in [3.63, 3.8) is 0 Å². The predicted octanol–water partition coefficient (Wildman–Crippen LogP) is 2.33. The molecule has 2 heterocycles. The van der Waals surface area contributed by atoms with E-state index in [1.54, 1.807) is 0 Å². The Kier molecular flexibility index (Phi) is 4.81. The zero-order chi connectivity index (χ0) is 13.2. The molecule has 0 amide bonds. The Labute approximate surface area is 125 Å². The average molecular weight is 294 g/mol. The van der Waals surface area contributed by atoms with Gasteiger partial charge in [0, 0.05) is 31.1 Å². The fourth-order valence-electron chi connectivity index (χ4n) is 2.81. The van der Waals surface area contributed by atoms with E-state index >= 15 is 0 Å². The quantitative estimate of drug-likeness (QED) is 0.944. The summed E-state index contributed by atoms with van der Waals surface area (Å²) in [6, 6.07) is 12.7. The maximum Gasteiger partial charge on any atom is 0.150 e. The number of halogens is 1. The molecule has 5 heteroatoms. The smallest absolute Gasteiger partial charge is 0.150 e. The van der Waals surface area contributed by atoms with Gasteiger partial charge in [-0.1, -0.05) is 35.5 Å². The van der Waals surface area contributed by atoms with Gasteiger partial charge in [0.2, 0.25) is 0 Å². The first-order valence-corrected chi connectivity index (χ1v) is 6.67. The Morgan fingerprint density at radius 1 is 1.30 bits per heavy atom. The van der Waals surface area contributed by atoms with E-state index in [0.29, 0.717) is 5.92 Å². The van der Waals surface area contributed by atoms with E-state index in [-0.39, 0.29) is 18.4 Å². The lowest BCUT2D eigenvalue weighted by Gasteiger charge is -2.14. The molecule has 2 N–H and O–H groups in total. The highest BCUT2D eigenvalue weighted by Gasteiger charge is 2.31. The van der Waals surface area contributed by atoms with Crippen LogP contribution in [0.1, 0.15) is 22.9 Å². The molecule has 20 heavy (non-hydrogen) atoms. The topological polar surface area (TPSA) is 55.3 Å². The monoisotopic (exact) mass is 293 g/mol. The zero-order valence-electron chi connectivity index (χ0n) is 11.5. The van der Waals surface area contributed by atoms with E-state index in [0.717, 1.165) is 31.1 Å². The van der Waals surface area contributed by atoms with Crippen LogP contribution in [-0.2, 0) is 6.54 Å². The van der Waals surface area contributed by atoms with E-state index in [1.165, 1.54) is 5.56 Å². The van der Waals surface area contributed by atoms with E-state index in [9.17, 15) is 0 Å². The highest BCUT2D eigenvalue weighted by Crippen LogP contribution is 2.27. The highest BCUT2D eigenvalue weighted by atomic mass is 35.5. The standard InChI is InChI=1S/C15H19N3O.ClH/c1-11-7-13(19-17-11)8-18-9-14(15(16)10-18)12-5-3-2-4-6-12;/h2-7,14-15H,8-10,16H2,1H3;1H/t14-,15+;/m0./s1. The number of hydrogen-bond acceptors (Lipinski definition) is 4. The van der Waals surface area contributed by atoms with E-state index in [2.05, 4.69) is 34.3 Å². The number of aromatic nitrogens is 1. The second-order valence-corrected chi connectivity index (χ2v) is 5.31. The van der Waals surface area contributed by atoms with Gasteiger partial charge in [0.15, 0.2) is 5.76 Å². The summed E-state index contributed by atoms with van der Waals surface area (Å²) in [5.41, 5.74) is 8.53. The summed E-state index contributed by atoms with van der Waals surface area (Å²) in [4.78, 5) is 2.34. The van der Waals surface area contributed by atoms with Gasteiger partial charge in [0.25, 0.3) is 0 Å². The molecule has 4 nitrogen and oxygen atoms in total. The maximum atomic E-state index is 6.27. The molecule has 1 aliphatic heterocycles. The summed E-state index contributed by atoms with van der Waals surface area (Å²) in [6.45, 7) is 4.61. The first-order chi connectivity index (χ1) is 9.22. The second-order valence-electron chi connectivity index (χ2n) is 5.31. The molecule has 0 spiro atoms. The molecule has 2 aromatic rings. The molecule has 108 valence electrons. The van der Waals surface area contributed by atoms with Gasteiger partial charge in [-0.05, 0) is 12.5 Å². The van der Waals surface area contributed by atoms with Gasteiger partial charge in [-0.15, -0.1) is 12.4 Å². The number of aryl methyl sites for hydroxylation is 1. The molecule has 1 aromatic carbocycles. The first kappa shape index (κ1) is 15.0. The molecule has 1 aromatic heterocycles. The third kappa shape index (κ3) is 3.20. The Balaban J connectivity index is 0.00000147. The van der Waals surface area contributed by atoms with Crippen molar-refractivity contribution in [3.8, 4) is 0 Å². The van der Waals surface area contributed by atoms with Crippen LogP contribution in [-0.4, -0.2) is 29.2 Å². The molecular weight excluding hydrogens is 274 g/mol. The van der Waals surface area contributed by atoms with Gasteiger partial charge in [-0.25, -0.2) is 0 Å². The number of hydrogen-bond donors (Lipinski definition) is 1. The van der Waals surface area contributed by atoms with Gasteiger partial charge in [0.05, 0.1) is 12.2 Å². The molecule has 0 unspecified atom stereocenters. The van der Waals surface area contributed by atoms with Crippen molar-refractivity contribution < 1.29 is 4.52 Å². The lowest BCUT2D eigenvalue weighted by atomic mass is 9.95. The largest absolute Gasteiger partial charge is 0.360 e. The van der Waals surface area contributed by atoms with E-state index < -0.39 is 0 Å². The summed E-state index contributed by atoms with van der Waals surface area (Å²) >= 11 is 0. The minimum Gasteiger partial charge on any atom is -0.360 e. The molecular formula is C15H20ClN3O. The molecule has 0 aliphatic carbocycles. The van der Waals surface area contributed by atoms with Crippen LogP contribution in [0.25, 0.3) is 0 Å². The fourth-order valence-corrected chi connectivity index (χ4v) is 2.81. The minimum atomic E-state index is 0. The van der Waals surface area contributed by atoms with Gasteiger partial charge in [0.1, 0.15) is 0 Å². The highest BCUT2D eigenvalue weighted by molar-refractivity contribution is 5.85. The number of likely N-dealkylation sites (tertiary alicyclic amines) is 1. The van der Waals surface area contributed by atoms with Crippen LogP contribution in [0.3, 0.4) is 0 Å². The lowest BCUT2D eigenvalue weighted by Crippen LogP contribution is -2.28. The number of rotatable bonds is 3. The average Bonchev–Trinajstić information content (AvgIpc) is 2.97. The third-order valence-corrected chi connectivity index (χ3v) is 3.72. The van der Waals surface area contributed by atoms with Gasteiger partial charge >= 0.3 is 0 Å². The molecule has 0 bridgehead atoms. The summed E-state index contributed by atoms with van der Waals surface area (Å²) in [6.07, 6.45) is 0. The molecule has 1 fully saturated rings. The Morgan fingerprint density at radius 2 is 2.05 bits per heavy atom. The Bertz CT molecular complexity index is 543. The molecule has 3 rings (SSSR count). The SMILES string of the molecule is Cc1cc(CN2C[C@@H](N)[C@H](c3ccccc3)C2)on1.Cl.